The van der Waals surface area contributed by atoms with Crippen molar-refractivity contribution in [2.45, 2.75) is 25.8 Å². The van der Waals surface area contributed by atoms with Gasteiger partial charge < -0.3 is 11.1 Å². The van der Waals surface area contributed by atoms with Crippen molar-refractivity contribution in [1.29, 1.82) is 0 Å². The first-order valence-corrected chi connectivity index (χ1v) is 5.05. The fourth-order valence-corrected chi connectivity index (χ4v) is 1.29. The zero-order valence-corrected chi connectivity index (χ0v) is 9.51. The van der Waals surface area contributed by atoms with Gasteiger partial charge >= 0.3 is 12.3 Å². The van der Waals surface area contributed by atoms with E-state index in [0.717, 1.165) is 0 Å². The first-order valence-electron chi connectivity index (χ1n) is 5.05. The summed E-state index contributed by atoms with van der Waals surface area (Å²) in [5, 5.41) is 1.76. The summed E-state index contributed by atoms with van der Waals surface area (Å²) < 4.78 is 49.1. The van der Waals surface area contributed by atoms with Gasteiger partial charge in [-0.25, -0.2) is 8.78 Å². The number of nitrogens with two attached hydrogens (primary N) is 1. The molecule has 0 atom stereocenters. The molecule has 3 nitrogen and oxygen atoms in total. The molecule has 0 aliphatic heterocycles. The van der Waals surface area contributed by atoms with Crippen LogP contribution in [-0.2, 0) is 11.3 Å². The first kappa shape index (κ1) is 14.3. The monoisotopic (exact) mass is 264 g/mol. The summed E-state index contributed by atoms with van der Waals surface area (Å²) in [6, 6.07) is 4.75. The fraction of sp³-hybridized carbons (Fsp3) is 0.364. The minimum absolute atomic E-state index is 0.280. The molecule has 0 saturated heterocycles. The van der Waals surface area contributed by atoms with Crippen LogP contribution in [0.25, 0.3) is 0 Å². The van der Waals surface area contributed by atoms with Crippen LogP contribution in [0.3, 0.4) is 0 Å². The standard InChI is InChI=1S/C11H12F4N2O/c1-6-7(3-2-4-8(6)16)5-17-10(18)11(14,15)9(12)13/h2-4,9H,5,16H2,1H3,(H,17,18). The number of anilines is 1. The van der Waals surface area contributed by atoms with E-state index in [4.69, 9.17) is 5.73 Å². The summed E-state index contributed by atoms with van der Waals surface area (Å²) in [5.74, 6) is -6.69. The Morgan fingerprint density at radius 2 is 2.06 bits per heavy atom. The molecule has 18 heavy (non-hydrogen) atoms. The molecule has 0 radical (unpaired) electrons. The third-order valence-corrected chi connectivity index (χ3v) is 2.50. The summed E-state index contributed by atoms with van der Waals surface area (Å²) in [5.41, 5.74) is 7.12. The van der Waals surface area contributed by atoms with Crippen LogP contribution in [0.15, 0.2) is 18.2 Å². The molecule has 1 aromatic rings. The molecule has 1 rings (SSSR count). The van der Waals surface area contributed by atoms with Crippen LogP contribution in [-0.4, -0.2) is 18.3 Å². The van der Waals surface area contributed by atoms with Crippen molar-refractivity contribution in [1.82, 2.24) is 5.32 Å². The minimum Gasteiger partial charge on any atom is -0.399 e. The van der Waals surface area contributed by atoms with E-state index in [1.807, 2.05) is 0 Å². The van der Waals surface area contributed by atoms with Gasteiger partial charge in [-0.05, 0) is 24.1 Å². The van der Waals surface area contributed by atoms with E-state index < -0.39 is 18.3 Å². The van der Waals surface area contributed by atoms with Crippen molar-refractivity contribution < 1.29 is 22.4 Å². The lowest BCUT2D eigenvalue weighted by Gasteiger charge is -2.15. The summed E-state index contributed by atoms with van der Waals surface area (Å²) in [6.07, 6.45) is -4.03. The van der Waals surface area contributed by atoms with Gasteiger partial charge in [0.1, 0.15) is 0 Å². The number of nitrogen functional groups attached to an aromatic ring is 1. The third-order valence-electron chi connectivity index (χ3n) is 2.50. The highest BCUT2D eigenvalue weighted by molar-refractivity contribution is 5.83. The highest BCUT2D eigenvalue weighted by atomic mass is 19.3. The van der Waals surface area contributed by atoms with Crippen LogP contribution >= 0.6 is 0 Å². The Kier molecular flexibility index (Phi) is 4.15. The lowest BCUT2D eigenvalue weighted by Crippen LogP contribution is -2.44. The lowest BCUT2D eigenvalue weighted by molar-refractivity contribution is -0.169. The highest BCUT2D eigenvalue weighted by Crippen LogP contribution is 2.23. The largest absolute Gasteiger partial charge is 0.399 e. The van der Waals surface area contributed by atoms with Crippen LogP contribution in [0.1, 0.15) is 11.1 Å². The maximum atomic E-state index is 12.6. The van der Waals surface area contributed by atoms with E-state index in [1.54, 1.807) is 30.4 Å². The number of nitrogens with one attached hydrogen (secondary N) is 1. The molecule has 0 heterocycles. The van der Waals surface area contributed by atoms with Crippen molar-refractivity contribution in [2.75, 3.05) is 5.73 Å². The SMILES string of the molecule is Cc1c(N)cccc1CNC(=O)C(F)(F)C(F)F. The van der Waals surface area contributed by atoms with Crippen LogP contribution in [0.2, 0.25) is 0 Å². The van der Waals surface area contributed by atoms with Crippen molar-refractivity contribution in [3.05, 3.63) is 29.3 Å². The van der Waals surface area contributed by atoms with E-state index in [9.17, 15) is 22.4 Å². The molecule has 0 aliphatic rings. The second kappa shape index (κ2) is 5.24. The minimum atomic E-state index is -4.69. The number of halogens is 4. The molecule has 7 heteroatoms. The van der Waals surface area contributed by atoms with Gasteiger partial charge in [0.25, 0.3) is 5.91 Å². The van der Waals surface area contributed by atoms with Crippen molar-refractivity contribution in [3.8, 4) is 0 Å². The predicted octanol–water partition coefficient (Wildman–Crippen LogP) is 2.09. The maximum Gasteiger partial charge on any atom is 0.383 e. The van der Waals surface area contributed by atoms with Crippen LogP contribution in [0.5, 0.6) is 0 Å². The Hall–Kier alpha value is -1.79. The zero-order chi connectivity index (χ0) is 13.9. The molecule has 0 fully saturated rings. The Morgan fingerprint density at radius 1 is 1.44 bits per heavy atom. The Bertz CT molecular complexity index is 449. The van der Waals surface area contributed by atoms with Crippen molar-refractivity contribution in [3.63, 3.8) is 0 Å². The summed E-state index contributed by atoms with van der Waals surface area (Å²) >= 11 is 0. The van der Waals surface area contributed by atoms with E-state index in [-0.39, 0.29) is 6.54 Å². The Balaban J connectivity index is 2.72. The van der Waals surface area contributed by atoms with Gasteiger partial charge in [0.05, 0.1) is 0 Å². The lowest BCUT2D eigenvalue weighted by atomic mass is 10.1. The van der Waals surface area contributed by atoms with Gasteiger partial charge in [-0.1, -0.05) is 12.1 Å². The molecule has 100 valence electrons. The van der Waals surface area contributed by atoms with E-state index in [2.05, 4.69) is 0 Å². The maximum absolute atomic E-state index is 12.6. The van der Waals surface area contributed by atoms with Crippen LogP contribution < -0.4 is 11.1 Å². The number of carbonyl (C=O) groups excluding carboxylic acids is 1. The molecular weight excluding hydrogens is 252 g/mol. The summed E-state index contributed by atoms with van der Waals surface area (Å²) in [4.78, 5) is 10.9. The van der Waals surface area contributed by atoms with Crippen molar-refractivity contribution in [2.24, 2.45) is 0 Å². The fourth-order valence-electron chi connectivity index (χ4n) is 1.29. The topological polar surface area (TPSA) is 55.1 Å². The molecule has 0 saturated carbocycles. The molecule has 1 aromatic carbocycles. The quantitative estimate of drug-likeness (QED) is 0.646. The average Bonchev–Trinajstić information content (AvgIpc) is 2.30. The number of alkyl halides is 4. The number of benzene rings is 1. The molecule has 0 aromatic heterocycles. The first-order chi connectivity index (χ1) is 8.26. The Labute approximate surface area is 101 Å². The molecule has 3 N–H and O–H groups in total. The Morgan fingerprint density at radius 3 is 2.61 bits per heavy atom. The normalized spacial score (nSPS) is 11.7. The van der Waals surface area contributed by atoms with E-state index in [0.29, 0.717) is 16.8 Å². The number of rotatable bonds is 4. The number of carbonyl (C=O) groups is 1. The van der Waals surface area contributed by atoms with Gasteiger partial charge in [0, 0.05) is 12.2 Å². The van der Waals surface area contributed by atoms with Gasteiger partial charge in [-0.15, -0.1) is 0 Å². The van der Waals surface area contributed by atoms with Gasteiger partial charge in [0.2, 0.25) is 0 Å². The van der Waals surface area contributed by atoms with Gasteiger partial charge in [-0.3, -0.25) is 4.79 Å². The predicted molar refractivity (Wildman–Crippen MR) is 58.4 cm³/mol. The summed E-state index contributed by atoms with van der Waals surface area (Å²) in [6.45, 7) is 1.36. The summed E-state index contributed by atoms with van der Waals surface area (Å²) in [7, 11) is 0. The molecule has 0 aliphatic carbocycles. The second-order valence-electron chi connectivity index (χ2n) is 3.74. The van der Waals surface area contributed by atoms with Crippen LogP contribution in [0.4, 0.5) is 23.2 Å². The molecule has 0 bridgehead atoms. The van der Waals surface area contributed by atoms with E-state index in [1.165, 1.54) is 0 Å². The van der Waals surface area contributed by atoms with Crippen molar-refractivity contribution >= 4 is 11.6 Å². The van der Waals surface area contributed by atoms with Gasteiger partial charge in [-0.2, -0.15) is 8.78 Å². The number of amides is 1. The van der Waals surface area contributed by atoms with E-state index >= 15 is 0 Å². The second-order valence-corrected chi connectivity index (χ2v) is 3.74. The molecule has 0 unspecified atom stereocenters. The smallest absolute Gasteiger partial charge is 0.383 e. The third kappa shape index (κ3) is 2.91. The number of hydrogen-bond acceptors (Lipinski definition) is 2. The molecule has 1 amide bonds. The van der Waals surface area contributed by atoms with Crippen LogP contribution in [0, 0.1) is 6.92 Å². The number of hydrogen-bond donors (Lipinski definition) is 2. The average molecular weight is 264 g/mol. The molecule has 0 spiro atoms. The molecular formula is C11H12F4N2O. The van der Waals surface area contributed by atoms with Gasteiger partial charge in [0.15, 0.2) is 0 Å². The zero-order valence-electron chi connectivity index (χ0n) is 9.51. The highest BCUT2D eigenvalue weighted by Gasteiger charge is 2.48.